The molecule has 5 aliphatic rings. The van der Waals surface area contributed by atoms with E-state index in [1.165, 1.54) is 38.5 Å². The van der Waals surface area contributed by atoms with Crippen LogP contribution in [0, 0.1) is 40.4 Å². The molecule has 0 aromatic heterocycles. The Labute approximate surface area is 145 Å². The number of hydrogen-bond donors (Lipinski definition) is 1. The van der Waals surface area contributed by atoms with Crippen molar-refractivity contribution < 1.29 is 14.6 Å². The summed E-state index contributed by atoms with van der Waals surface area (Å²) in [7, 11) is 0. The summed E-state index contributed by atoms with van der Waals surface area (Å²) < 4.78 is 5.81. The molecule has 24 heavy (non-hydrogen) atoms. The van der Waals surface area contributed by atoms with Gasteiger partial charge in [-0.2, -0.15) is 0 Å². The van der Waals surface area contributed by atoms with Crippen LogP contribution in [0.25, 0.3) is 0 Å². The van der Waals surface area contributed by atoms with Crippen LogP contribution in [0.15, 0.2) is 0 Å². The highest BCUT2D eigenvalue weighted by atomic mass is 16.6. The minimum atomic E-state index is -0.0567. The zero-order chi connectivity index (χ0) is 16.7. The van der Waals surface area contributed by atoms with Gasteiger partial charge in [-0.25, -0.2) is 0 Å². The number of esters is 1. The lowest BCUT2D eigenvalue weighted by Gasteiger charge is -2.60. The van der Waals surface area contributed by atoms with Crippen molar-refractivity contribution in [2.75, 3.05) is 0 Å². The number of fused-ring (bicyclic) bond motifs is 7. The summed E-state index contributed by atoms with van der Waals surface area (Å²) in [6, 6.07) is 0. The fourth-order valence-electron chi connectivity index (χ4n) is 8.19. The first-order chi connectivity index (χ1) is 11.4. The van der Waals surface area contributed by atoms with Crippen LogP contribution in [-0.4, -0.2) is 23.3 Å². The SMILES string of the molecule is C[C@]12CC[C@@H](O)C[C@@H]1CC[C@@H]1[C@@H]2CC[C@@]2(C)[C@H]1C[C@H]1CC(=O)O[C@@H]12. The summed E-state index contributed by atoms with van der Waals surface area (Å²) in [6.45, 7) is 4.97. The van der Waals surface area contributed by atoms with Crippen molar-refractivity contribution in [1.29, 1.82) is 0 Å². The van der Waals surface area contributed by atoms with Gasteiger partial charge >= 0.3 is 5.97 Å². The van der Waals surface area contributed by atoms with Crippen molar-refractivity contribution >= 4 is 5.97 Å². The second kappa shape index (κ2) is 4.99. The first-order valence-corrected chi connectivity index (χ1v) is 10.3. The number of carbonyl (C=O) groups is 1. The standard InChI is InChI=1S/C21H32O3/c1-20-7-5-14(22)11-13(20)3-4-15-16(20)6-8-21(2)17(15)9-12-10-18(23)24-19(12)21/h12-17,19,22H,3-11H2,1-2H3/t12-,13-,14+,15+,16-,17-,19-,20-,21-/m0/s1. The van der Waals surface area contributed by atoms with Crippen molar-refractivity contribution in [2.45, 2.75) is 83.8 Å². The van der Waals surface area contributed by atoms with Gasteiger partial charge in [0, 0.05) is 11.3 Å². The highest BCUT2D eigenvalue weighted by molar-refractivity contribution is 5.72. The normalized spacial score (nSPS) is 59.1. The molecule has 4 saturated carbocycles. The zero-order valence-corrected chi connectivity index (χ0v) is 15.2. The van der Waals surface area contributed by atoms with Crippen LogP contribution in [-0.2, 0) is 9.53 Å². The van der Waals surface area contributed by atoms with Gasteiger partial charge in [0.25, 0.3) is 0 Å². The van der Waals surface area contributed by atoms with Crippen LogP contribution in [0.4, 0.5) is 0 Å². The summed E-state index contributed by atoms with van der Waals surface area (Å²) in [4.78, 5) is 11.8. The van der Waals surface area contributed by atoms with E-state index in [0.29, 0.717) is 17.8 Å². The average Bonchev–Trinajstić information content (AvgIpc) is 3.03. The number of aliphatic hydroxyl groups is 1. The van der Waals surface area contributed by atoms with E-state index in [1.54, 1.807) is 0 Å². The summed E-state index contributed by atoms with van der Waals surface area (Å²) in [5.74, 6) is 3.67. The molecule has 4 aliphatic carbocycles. The average molecular weight is 332 g/mol. The van der Waals surface area contributed by atoms with Gasteiger partial charge in [0.2, 0.25) is 0 Å². The third kappa shape index (κ3) is 1.91. The summed E-state index contributed by atoms with van der Waals surface area (Å²) in [6.07, 6.45) is 10.5. The molecule has 0 bridgehead atoms. The lowest BCUT2D eigenvalue weighted by atomic mass is 9.45. The Morgan fingerprint density at radius 3 is 2.62 bits per heavy atom. The smallest absolute Gasteiger partial charge is 0.306 e. The van der Waals surface area contributed by atoms with E-state index in [1.807, 2.05) is 0 Å². The summed E-state index contributed by atoms with van der Waals surface area (Å²) in [5.41, 5.74) is 0.674. The van der Waals surface area contributed by atoms with Gasteiger partial charge in [0.1, 0.15) is 6.10 Å². The van der Waals surface area contributed by atoms with Gasteiger partial charge in [-0.3, -0.25) is 4.79 Å². The van der Waals surface area contributed by atoms with Crippen molar-refractivity contribution in [2.24, 2.45) is 40.4 Å². The minimum Gasteiger partial charge on any atom is -0.461 e. The first kappa shape index (κ1) is 15.7. The Morgan fingerprint density at radius 2 is 1.79 bits per heavy atom. The molecule has 1 N–H and O–H groups in total. The predicted octanol–water partition coefficient (Wildman–Crippen LogP) is 3.93. The Balaban J connectivity index is 1.44. The van der Waals surface area contributed by atoms with E-state index < -0.39 is 0 Å². The topological polar surface area (TPSA) is 46.5 Å². The lowest BCUT2D eigenvalue weighted by molar-refractivity contribution is -0.158. The van der Waals surface area contributed by atoms with Crippen LogP contribution in [0.1, 0.15) is 71.6 Å². The van der Waals surface area contributed by atoms with Gasteiger partial charge in [-0.1, -0.05) is 13.8 Å². The maximum atomic E-state index is 11.8. The molecule has 0 aromatic carbocycles. The Hall–Kier alpha value is -0.570. The number of carbonyl (C=O) groups excluding carboxylic acids is 1. The van der Waals surface area contributed by atoms with E-state index in [2.05, 4.69) is 13.8 Å². The molecule has 3 nitrogen and oxygen atoms in total. The molecule has 9 atom stereocenters. The van der Waals surface area contributed by atoms with E-state index >= 15 is 0 Å². The van der Waals surface area contributed by atoms with E-state index in [4.69, 9.17) is 4.74 Å². The molecule has 0 radical (unpaired) electrons. The Bertz CT molecular complexity index is 559. The molecular weight excluding hydrogens is 300 g/mol. The second-order valence-corrected chi connectivity index (χ2v) is 10.2. The molecule has 0 unspecified atom stereocenters. The maximum Gasteiger partial charge on any atom is 0.306 e. The first-order valence-electron chi connectivity index (χ1n) is 10.3. The molecule has 1 heterocycles. The highest BCUT2D eigenvalue weighted by Crippen LogP contribution is 2.68. The maximum absolute atomic E-state index is 11.8. The van der Waals surface area contributed by atoms with Crippen molar-refractivity contribution in [3.05, 3.63) is 0 Å². The van der Waals surface area contributed by atoms with Crippen molar-refractivity contribution in [3.8, 4) is 0 Å². The van der Waals surface area contributed by atoms with Gasteiger partial charge < -0.3 is 9.84 Å². The third-order valence-electron chi connectivity index (χ3n) is 9.40. The van der Waals surface area contributed by atoms with Crippen LogP contribution in [0.3, 0.4) is 0 Å². The molecule has 0 aromatic rings. The van der Waals surface area contributed by atoms with Crippen LogP contribution in [0.2, 0.25) is 0 Å². The molecule has 5 fully saturated rings. The monoisotopic (exact) mass is 332 g/mol. The number of ether oxygens (including phenoxy) is 1. The highest BCUT2D eigenvalue weighted by Gasteiger charge is 2.64. The van der Waals surface area contributed by atoms with Crippen LogP contribution in [0.5, 0.6) is 0 Å². The molecule has 134 valence electrons. The quantitative estimate of drug-likeness (QED) is 0.684. The number of hydrogen-bond acceptors (Lipinski definition) is 3. The van der Waals surface area contributed by atoms with Gasteiger partial charge in [-0.15, -0.1) is 0 Å². The van der Waals surface area contributed by atoms with Gasteiger partial charge in [0.05, 0.1) is 12.5 Å². The fraction of sp³-hybridized carbons (Fsp3) is 0.952. The molecule has 0 amide bonds. The van der Waals surface area contributed by atoms with E-state index in [-0.39, 0.29) is 23.6 Å². The third-order valence-corrected chi connectivity index (χ3v) is 9.40. The minimum absolute atomic E-state index is 0.0451. The largest absolute Gasteiger partial charge is 0.461 e. The second-order valence-electron chi connectivity index (χ2n) is 10.2. The Morgan fingerprint density at radius 1 is 1.00 bits per heavy atom. The van der Waals surface area contributed by atoms with Crippen molar-refractivity contribution in [1.82, 2.24) is 0 Å². The molecule has 5 rings (SSSR count). The molecular formula is C21H32O3. The van der Waals surface area contributed by atoms with Gasteiger partial charge in [-0.05, 0) is 80.5 Å². The lowest BCUT2D eigenvalue weighted by Crippen LogP contribution is -2.54. The molecule has 1 saturated heterocycles. The summed E-state index contributed by atoms with van der Waals surface area (Å²) >= 11 is 0. The van der Waals surface area contributed by atoms with Crippen LogP contribution >= 0.6 is 0 Å². The molecule has 0 spiro atoms. The van der Waals surface area contributed by atoms with E-state index in [9.17, 15) is 9.90 Å². The number of rotatable bonds is 0. The van der Waals surface area contributed by atoms with Gasteiger partial charge in [0.15, 0.2) is 0 Å². The molecule has 3 heteroatoms. The van der Waals surface area contributed by atoms with E-state index in [0.717, 1.165) is 36.5 Å². The number of aliphatic hydroxyl groups excluding tert-OH is 1. The van der Waals surface area contributed by atoms with Crippen molar-refractivity contribution in [3.63, 3.8) is 0 Å². The predicted molar refractivity (Wildman–Crippen MR) is 91.1 cm³/mol. The zero-order valence-electron chi connectivity index (χ0n) is 15.2. The fourth-order valence-corrected chi connectivity index (χ4v) is 8.19. The summed E-state index contributed by atoms with van der Waals surface area (Å²) in [5, 5.41) is 10.1. The molecule has 1 aliphatic heterocycles. The Kier molecular flexibility index (Phi) is 3.26. The van der Waals surface area contributed by atoms with Crippen LogP contribution < -0.4 is 0 Å².